The van der Waals surface area contributed by atoms with Gasteiger partial charge in [-0.15, -0.1) is 0 Å². The fourth-order valence-electron chi connectivity index (χ4n) is 1.05. The van der Waals surface area contributed by atoms with Crippen LogP contribution < -0.4 is 5.48 Å². The van der Waals surface area contributed by atoms with Gasteiger partial charge in [-0.3, -0.25) is 4.84 Å². The molecule has 1 N–H and O–H groups in total. The predicted octanol–water partition coefficient (Wildman–Crippen LogP) is 2.14. The summed E-state index contributed by atoms with van der Waals surface area (Å²) in [5, 5.41) is 8.71. The summed E-state index contributed by atoms with van der Waals surface area (Å²) in [6.07, 6.45) is -4.36. The minimum absolute atomic E-state index is 0.0554. The molecule has 0 aromatic heterocycles. The van der Waals surface area contributed by atoms with E-state index < -0.39 is 12.8 Å². The molecule has 0 bridgehead atoms. The summed E-state index contributed by atoms with van der Waals surface area (Å²) >= 11 is 0. The van der Waals surface area contributed by atoms with Crippen LogP contribution in [0.3, 0.4) is 0 Å². The zero-order valence-corrected chi connectivity index (χ0v) is 8.21. The van der Waals surface area contributed by atoms with Crippen LogP contribution in [0.4, 0.5) is 13.2 Å². The molecule has 0 aliphatic carbocycles. The molecule has 0 atom stereocenters. The molecule has 0 aliphatic heterocycles. The van der Waals surface area contributed by atoms with Crippen molar-refractivity contribution >= 4 is 0 Å². The zero-order valence-electron chi connectivity index (χ0n) is 8.21. The van der Waals surface area contributed by atoms with Crippen molar-refractivity contribution in [1.82, 2.24) is 5.48 Å². The molecule has 0 fully saturated rings. The normalized spacial score (nSPS) is 11.1. The van der Waals surface area contributed by atoms with E-state index in [1.54, 1.807) is 24.3 Å². The van der Waals surface area contributed by atoms with Crippen molar-refractivity contribution in [2.75, 3.05) is 6.61 Å². The van der Waals surface area contributed by atoms with Crippen LogP contribution in [0, 0.1) is 11.3 Å². The van der Waals surface area contributed by atoms with E-state index in [-0.39, 0.29) is 6.54 Å². The van der Waals surface area contributed by atoms with Gasteiger partial charge in [0.1, 0.15) is 0 Å². The number of hydrogen-bond acceptors (Lipinski definition) is 3. The third-order valence-electron chi connectivity index (χ3n) is 1.74. The highest BCUT2D eigenvalue weighted by molar-refractivity contribution is 5.36. The lowest BCUT2D eigenvalue weighted by atomic mass is 10.1. The first kappa shape index (κ1) is 12.5. The second kappa shape index (κ2) is 5.49. The molecule has 86 valence electrons. The number of benzene rings is 1. The minimum atomic E-state index is -4.36. The number of nitriles is 1. The van der Waals surface area contributed by atoms with Crippen LogP contribution in [-0.2, 0) is 11.4 Å². The molecule has 6 heteroatoms. The van der Waals surface area contributed by atoms with E-state index >= 15 is 0 Å². The summed E-state index contributed by atoms with van der Waals surface area (Å²) in [6, 6.07) is 8.54. The Morgan fingerprint density at radius 1 is 1.31 bits per heavy atom. The first-order chi connectivity index (χ1) is 7.53. The van der Waals surface area contributed by atoms with Crippen LogP contribution in [0.1, 0.15) is 11.1 Å². The molecule has 0 amide bonds. The molecular formula is C10H9F3N2O. The van der Waals surface area contributed by atoms with Crippen molar-refractivity contribution in [3.8, 4) is 6.07 Å². The lowest BCUT2D eigenvalue weighted by Gasteiger charge is -2.09. The summed E-state index contributed by atoms with van der Waals surface area (Å²) < 4.78 is 35.1. The van der Waals surface area contributed by atoms with Crippen molar-refractivity contribution in [3.63, 3.8) is 0 Å². The van der Waals surface area contributed by atoms with E-state index in [1.165, 1.54) is 0 Å². The minimum Gasteiger partial charge on any atom is -0.292 e. The summed E-state index contributed by atoms with van der Waals surface area (Å²) in [4.78, 5) is 4.22. The molecule has 1 rings (SSSR count). The van der Waals surface area contributed by atoms with E-state index in [2.05, 4.69) is 10.3 Å². The molecule has 0 radical (unpaired) electrons. The van der Waals surface area contributed by atoms with Gasteiger partial charge in [-0.1, -0.05) is 18.2 Å². The van der Waals surface area contributed by atoms with Gasteiger partial charge in [-0.05, 0) is 11.6 Å². The molecule has 0 unspecified atom stereocenters. The molecule has 1 aromatic carbocycles. The predicted molar refractivity (Wildman–Crippen MR) is 50.0 cm³/mol. The first-order valence-corrected chi connectivity index (χ1v) is 4.42. The molecular weight excluding hydrogens is 221 g/mol. The van der Waals surface area contributed by atoms with Crippen molar-refractivity contribution < 1.29 is 18.0 Å². The number of halogens is 3. The highest BCUT2D eigenvalue weighted by Crippen LogP contribution is 2.14. The van der Waals surface area contributed by atoms with E-state index in [9.17, 15) is 13.2 Å². The van der Waals surface area contributed by atoms with E-state index in [1.807, 2.05) is 6.07 Å². The third kappa shape index (κ3) is 4.29. The number of alkyl halides is 3. The van der Waals surface area contributed by atoms with Crippen molar-refractivity contribution in [1.29, 1.82) is 5.26 Å². The number of nitrogens with one attached hydrogen (secondary N) is 1. The Hall–Kier alpha value is -1.58. The summed E-state index contributed by atoms with van der Waals surface area (Å²) in [7, 11) is 0. The Kier molecular flexibility index (Phi) is 4.28. The van der Waals surface area contributed by atoms with E-state index in [0.717, 1.165) is 0 Å². The highest BCUT2D eigenvalue weighted by atomic mass is 19.4. The quantitative estimate of drug-likeness (QED) is 0.636. The Morgan fingerprint density at radius 3 is 2.62 bits per heavy atom. The first-order valence-electron chi connectivity index (χ1n) is 4.42. The van der Waals surface area contributed by atoms with Crippen molar-refractivity contribution in [3.05, 3.63) is 35.4 Å². The number of hydroxylamine groups is 1. The van der Waals surface area contributed by atoms with Gasteiger partial charge in [0.25, 0.3) is 0 Å². The van der Waals surface area contributed by atoms with Gasteiger partial charge in [-0.2, -0.15) is 23.9 Å². The van der Waals surface area contributed by atoms with Gasteiger partial charge in [0.15, 0.2) is 6.61 Å². The molecule has 0 spiro atoms. The van der Waals surface area contributed by atoms with Crippen LogP contribution in [0.15, 0.2) is 24.3 Å². The Morgan fingerprint density at radius 2 is 2.00 bits per heavy atom. The fourth-order valence-corrected chi connectivity index (χ4v) is 1.05. The molecule has 0 saturated carbocycles. The van der Waals surface area contributed by atoms with Gasteiger partial charge >= 0.3 is 6.18 Å². The van der Waals surface area contributed by atoms with E-state index in [4.69, 9.17) is 5.26 Å². The van der Waals surface area contributed by atoms with Gasteiger partial charge in [0.2, 0.25) is 0 Å². The fraction of sp³-hybridized carbons (Fsp3) is 0.300. The second-order valence-corrected chi connectivity index (χ2v) is 2.99. The molecule has 1 aromatic rings. The molecule has 3 nitrogen and oxygen atoms in total. The van der Waals surface area contributed by atoms with Crippen molar-refractivity contribution in [2.24, 2.45) is 0 Å². The third-order valence-corrected chi connectivity index (χ3v) is 1.74. The zero-order chi connectivity index (χ0) is 12.0. The monoisotopic (exact) mass is 230 g/mol. The van der Waals surface area contributed by atoms with Crippen LogP contribution in [0.25, 0.3) is 0 Å². The smallest absolute Gasteiger partial charge is 0.292 e. The largest absolute Gasteiger partial charge is 0.413 e. The van der Waals surface area contributed by atoms with Crippen LogP contribution in [-0.4, -0.2) is 12.8 Å². The Balaban J connectivity index is 2.41. The van der Waals surface area contributed by atoms with Gasteiger partial charge in [0, 0.05) is 6.54 Å². The highest BCUT2D eigenvalue weighted by Gasteiger charge is 2.27. The van der Waals surface area contributed by atoms with Gasteiger partial charge in [-0.25, -0.2) is 0 Å². The van der Waals surface area contributed by atoms with Gasteiger partial charge < -0.3 is 0 Å². The maximum atomic E-state index is 11.7. The van der Waals surface area contributed by atoms with Crippen LogP contribution in [0.5, 0.6) is 0 Å². The summed E-state index contributed by atoms with van der Waals surface area (Å²) in [6.45, 7) is -1.30. The maximum Gasteiger partial charge on any atom is 0.413 e. The number of rotatable bonds is 4. The number of nitrogens with zero attached hydrogens (tertiary/aromatic N) is 1. The summed E-state index contributed by atoms with van der Waals surface area (Å²) in [5.41, 5.74) is 3.16. The summed E-state index contributed by atoms with van der Waals surface area (Å²) in [5.74, 6) is 0. The van der Waals surface area contributed by atoms with E-state index in [0.29, 0.717) is 11.1 Å². The van der Waals surface area contributed by atoms with Crippen molar-refractivity contribution in [2.45, 2.75) is 12.7 Å². The van der Waals surface area contributed by atoms with Gasteiger partial charge in [0.05, 0.1) is 11.6 Å². The Bertz CT molecular complexity index is 384. The molecule has 0 heterocycles. The molecule has 16 heavy (non-hydrogen) atoms. The number of hydrogen-bond donors (Lipinski definition) is 1. The standard InChI is InChI=1S/C10H9F3N2O/c11-10(12,13)7-16-15-6-9-4-2-1-3-8(9)5-14/h1-4,15H,6-7H2. The van der Waals surface area contributed by atoms with Crippen LogP contribution >= 0.6 is 0 Å². The SMILES string of the molecule is N#Cc1ccccc1CNOCC(F)(F)F. The average Bonchev–Trinajstić information content (AvgIpc) is 2.23. The van der Waals surface area contributed by atoms with Crippen LogP contribution in [0.2, 0.25) is 0 Å². The lowest BCUT2D eigenvalue weighted by molar-refractivity contribution is -0.190. The second-order valence-electron chi connectivity index (χ2n) is 2.99. The maximum absolute atomic E-state index is 11.7. The molecule has 0 saturated heterocycles. The lowest BCUT2D eigenvalue weighted by Crippen LogP contribution is -2.24. The molecule has 0 aliphatic rings. The average molecular weight is 230 g/mol. The topological polar surface area (TPSA) is 45.0 Å². The Labute approximate surface area is 90.4 Å².